The molecule has 0 spiro atoms. The van der Waals surface area contributed by atoms with Crippen LogP contribution in [0.3, 0.4) is 0 Å². The van der Waals surface area contributed by atoms with Crippen molar-refractivity contribution >= 4 is 11.5 Å². The summed E-state index contributed by atoms with van der Waals surface area (Å²) in [6, 6.07) is 16.1. The SMILES string of the molecule is CC(=Nc1ccccc1C)N(CCc1ccc(CO)cc1)Cc1ccc(C(F)(F)F)cc1C(F)(F)F. The molecular weight excluding hydrogens is 482 g/mol. The molecule has 0 radical (unpaired) electrons. The van der Waals surface area contributed by atoms with Crippen LogP contribution in [0, 0.1) is 6.92 Å². The first-order valence-electron chi connectivity index (χ1n) is 11.2. The van der Waals surface area contributed by atoms with Gasteiger partial charge in [0.25, 0.3) is 0 Å². The summed E-state index contributed by atoms with van der Waals surface area (Å²) in [7, 11) is 0. The van der Waals surface area contributed by atoms with E-state index >= 15 is 0 Å². The largest absolute Gasteiger partial charge is 0.416 e. The highest BCUT2D eigenvalue weighted by Crippen LogP contribution is 2.38. The molecule has 36 heavy (non-hydrogen) atoms. The van der Waals surface area contributed by atoms with E-state index in [0.29, 0.717) is 24.0 Å². The van der Waals surface area contributed by atoms with Crippen molar-refractivity contribution in [2.24, 2.45) is 4.99 Å². The van der Waals surface area contributed by atoms with E-state index < -0.39 is 23.5 Å². The second-order valence-electron chi connectivity index (χ2n) is 8.46. The van der Waals surface area contributed by atoms with E-state index in [2.05, 4.69) is 4.99 Å². The quantitative estimate of drug-likeness (QED) is 0.206. The molecule has 0 amide bonds. The molecule has 1 N–H and O–H groups in total. The summed E-state index contributed by atoms with van der Waals surface area (Å²) in [5.41, 5.74) is 0.206. The van der Waals surface area contributed by atoms with Crippen molar-refractivity contribution in [2.75, 3.05) is 6.54 Å². The molecule has 0 fully saturated rings. The van der Waals surface area contributed by atoms with Crippen LogP contribution in [0.2, 0.25) is 0 Å². The molecule has 3 aromatic carbocycles. The lowest BCUT2D eigenvalue weighted by molar-refractivity contribution is -0.143. The lowest BCUT2D eigenvalue weighted by Crippen LogP contribution is -2.31. The standard InChI is InChI=1S/C27H26F6N2O/c1-18-5-3-4-6-25(18)34-19(2)35(14-13-20-7-9-21(17-36)10-8-20)16-22-11-12-23(26(28,29)30)15-24(22)27(31,32)33/h3-12,15,36H,13-14,16-17H2,1-2H3. The predicted molar refractivity (Wildman–Crippen MR) is 127 cm³/mol. The van der Waals surface area contributed by atoms with Crippen LogP contribution in [-0.4, -0.2) is 22.4 Å². The number of aryl methyl sites for hydroxylation is 1. The third-order valence-electron chi connectivity index (χ3n) is 5.84. The highest BCUT2D eigenvalue weighted by atomic mass is 19.4. The lowest BCUT2D eigenvalue weighted by atomic mass is 10.0. The Hall–Kier alpha value is -3.33. The first-order chi connectivity index (χ1) is 16.9. The van der Waals surface area contributed by atoms with E-state index in [-0.39, 0.29) is 31.3 Å². The summed E-state index contributed by atoms with van der Waals surface area (Å²) in [5, 5.41) is 9.22. The van der Waals surface area contributed by atoms with Crippen LogP contribution >= 0.6 is 0 Å². The van der Waals surface area contributed by atoms with Gasteiger partial charge in [0.05, 0.1) is 23.4 Å². The van der Waals surface area contributed by atoms with E-state index in [1.807, 2.05) is 31.2 Å². The fraction of sp³-hybridized carbons (Fsp3) is 0.296. The molecule has 0 aliphatic heterocycles. The maximum Gasteiger partial charge on any atom is 0.416 e. The van der Waals surface area contributed by atoms with Gasteiger partial charge in [-0.3, -0.25) is 0 Å². The molecular formula is C27H26F6N2O. The summed E-state index contributed by atoms with van der Waals surface area (Å²) in [5.74, 6) is 0.435. The van der Waals surface area contributed by atoms with Gasteiger partial charge in [0.15, 0.2) is 0 Å². The summed E-state index contributed by atoms with van der Waals surface area (Å²) in [6.45, 7) is 3.42. The van der Waals surface area contributed by atoms with Gasteiger partial charge >= 0.3 is 12.4 Å². The number of hydrogen-bond acceptors (Lipinski definition) is 2. The maximum absolute atomic E-state index is 13.8. The van der Waals surface area contributed by atoms with Gasteiger partial charge in [0.1, 0.15) is 5.84 Å². The molecule has 0 unspecified atom stereocenters. The van der Waals surface area contributed by atoms with Crippen LogP contribution in [0.1, 0.15) is 40.3 Å². The monoisotopic (exact) mass is 508 g/mol. The topological polar surface area (TPSA) is 35.8 Å². The fourth-order valence-electron chi connectivity index (χ4n) is 3.72. The van der Waals surface area contributed by atoms with Crippen molar-refractivity contribution in [3.63, 3.8) is 0 Å². The summed E-state index contributed by atoms with van der Waals surface area (Å²) >= 11 is 0. The Morgan fingerprint density at radius 2 is 1.50 bits per heavy atom. The maximum atomic E-state index is 13.8. The number of alkyl halides is 6. The molecule has 0 atom stereocenters. The number of rotatable bonds is 7. The molecule has 3 aromatic rings. The number of hydrogen-bond donors (Lipinski definition) is 1. The number of halogens is 6. The Kier molecular flexibility index (Phi) is 8.45. The zero-order valence-corrected chi connectivity index (χ0v) is 19.8. The van der Waals surface area contributed by atoms with E-state index in [4.69, 9.17) is 0 Å². The number of aliphatic hydroxyl groups excluding tert-OH is 1. The number of para-hydroxylation sites is 1. The molecule has 192 valence electrons. The zero-order chi connectivity index (χ0) is 26.5. The van der Waals surface area contributed by atoms with Crippen LogP contribution in [0.25, 0.3) is 0 Å². The minimum atomic E-state index is -4.95. The van der Waals surface area contributed by atoms with Crippen molar-refractivity contribution in [1.29, 1.82) is 0 Å². The second-order valence-corrected chi connectivity index (χ2v) is 8.46. The molecule has 3 rings (SSSR count). The molecule has 0 aliphatic rings. The van der Waals surface area contributed by atoms with Crippen LogP contribution in [0.5, 0.6) is 0 Å². The van der Waals surface area contributed by atoms with Gasteiger partial charge in [-0.15, -0.1) is 0 Å². The first kappa shape index (κ1) is 27.3. The van der Waals surface area contributed by atoms with Crippen molar-refractivity contribution in [2.45, 2.75) is 45.8 Å². The Balaban J connectivity index is 1.97. The number of nitrogens with zero attached hydrogens (tertiary/aromatic N) is 2. The summed E-state index contributed by atoms with van der Waals surface area (Å²) < 4.78 is 80.6. The molecule has 0 saturated carbocycles. The Morgan fingerprint density at radius 3 is 2.08 bits per heavy atom. The van der Waals surface area contributed by atoms with E-state index in [1.54, 1.807) is 36.1 Å². The van der Waals surface area contributed by atoms with Gasteiger partial charge in [-0.05, 0) is 60.7 Å². The third kappa shape index (κ3) is 7.10. The van der Waals surface area contributed by atoms with Gasteiger partial charge in [-0.2, -0.15) is 26.3 Å². The number of aliphatic hydroxyl groups is 1. The smallest absolute Gasteiger partial charge is 0.392 e. The van der Waals surface area contributed by atoms with Gasteiger partial charge in [0.2, 0.25) is 0 Å². The Labute approximate surface area is 205 Å². The van der Waals surface area contributed by atoms with Gasteiger partial charge in [0, 0.05) is 13.1 Å². The van der Waals surface area contributed by atoms with Crippen molar-refractivity contribution in [1.82, 2.24) is 4.90 Å². The second kappa shape index (κ2) is 11.2. The molecule has 0 aliphatic carbocycles. The number of aliphatic imine (C=N–C) groups is 1. The number of benzene rings is 3. The minimum Gasteiger partial charge on any atom is -0.392 e. The van der Waals surface area contributed by atoms with E-state index in [1.165, 1.54) is 0 Å². The van der Waals surface area contributed by atoms with Crippen LogP contribution in [-0.2, 0) is 31.9 Å². The van der Waals surface area contributed by atoms with Crippen molar-refractivity contribution in [3.05, 3.63) is 100 Å². The van der Waals surface area contributed by atoms with Gasteiger partial charge in [-0.25, -0.2) is 4.99 Å². The Bertz CT molecular complexity index is 1200. The summed E-state index contributed by atoms with van der Waals surface area (Å²) in [4.78, 5) is 6.22. The van der Waals surface area contributed by atoms with Crippen LogP contribution in [0.15, 0.2) is 71.7 Å². The molecule has 9 heteroatoms. The normalized spacial score (nSPS) is 12.6. The third-order valence-corrected chi connectivity index (χ3v) is 5.84. The average molecular weight is 509 g/mol. The highest BCUT2D eigenvalue weighted by molar-refractivity contribution is 5.83. The average Bonchev–Trinajstić information content (AvgIpc) is 2.82. The molecule has 3 nitrogen and oxygen atoms in total. The molecule has 0 bridgehead atoms. The Morgan fingerprint density at radius 1 is 0.861 bits per heavy atom. The fourth-order valence-corrected chi connectivity index (χ4v) is 3.72. The minimum absolute atomic E-state index is 0.108. The number of amidine groups is 1. The first-order valence-corrected chi connectivity index (χ1v) is 11.2. The van der Waals surface area contributed by atoms with Crippen molar-refractivity contribution < 1.29 is 31.4 Å². The van der Waals surface area contributed by atoms with E-state index in [9.17, 15) is 31.4 Å². The lowest BCUT2D eigenvalue weighted by Gasteiger charge is -2.27. The van der Waals surface area contributed by atoms with Crippen LogP contribution in [0.4, 0.5) is 32.0 Å². The van der Waals surface area contributed by atoms with Gasteiger partial charge in [-0.1, -0.05) is 48.5 Å². The molecule has 0 aromatic heterocycles. The summed E-state index contributed by atoms with van der Waals surface area (Å²) in [6.07, 6.45) is -9.39. The van der Waals surface area contributed by atoms with Crippen LogP contribution < -0.4 is 0 Å². The molecule has 0 heterocycles. The van der Waals surface area contributed by atoms with E-state index in [0.717, 1.165) is 22.8 Å². The van der Waals surface area contributed by atoms with Crippen molar-refractivity contribution in [3.8, 4) is 0 Å². The van der Waals surface area contributed by atoms with Gasteiger partial charge < -0.3 is 10.0 Å². The zero-order valence-electron chi connectivity index (χ0n) is 19.8. The highest BCUT2D eigenvalue weighted by Gasteiger charge is 2.38. The predicted octanol–water partition coefficient (Wildman–Crippen LogP) is 7.32. The molecule has 0 saturated heterocycles.